The van der Waals surface area contributed by atoms with Crippen LogP contribution in [-0.2, 0) is 19.2 Å². The molecule has 3 aliphatic rings. The summed E-state index contributed by atoms with van der Waals surface area (Å²) in [7, 11) is 0. The first-order valence-electron chi connectivity index (χ1n) is 11.2. The minimum absolute atomic E-state index is 0.0240. The van der Waals surface area contributed by atoms with Gasteiger partial charge in [-0.05, 0) is 37.1 Å². The van der Waals surface area contributed by atoms with Gasteiger partial charge in [-0.1, -0.05) is 42.6 Å². The number of halogens is 1. The zero-order valence-corrected chi connectivity index (χ0v) is 18.7. The molecule has 2 aromatic carbocycles. The lowest BCUT2D eigenvalue weighted by Gasteiger charge is -2.19. The Morgan fingerprint density at radius 2 is 1.64 bits per heavy atom. The van der Waals surface area contributed by atoms with Crippen LogP contribution in [0.3, 0.4) is 0 Å². The summed E-state index contributed by atoms with van der Waals surface area (Å²) < 4.78 is 5.55. The van der Waals surface area contributed by atoms with Crippen molar-refractivity contribution in [2.75, 3.05) is 16.3 Å². The number of hydrogen-bond acceptors (Lipinski definition) is 5. The van der Waals surface area contributed by atoms with E-state index in [9.17, 15) is 19.2 Å². The molecular weight excluding hydrogens is 444 g/mol. The average molecular weight is 467 g/mol. The Hall–Kier alpha value is -3.19. The largest absolute Gasteiger partial charge is 0.426 e. The summed E-state index contributed by atoms with van der Waals surface area (Å²) in [6, 6.07) is 13.4. The second kappa shape index (κ2) is 8.63. The van der Waals surface area contributed by atoms with Gasteiger partial charge in [0.05, 0.1) is 34.2 Å². The van der Waals surface area contributed by atoms with Crippen LogP contribution in [0, 0.1) is 17.8 Å². The summed E-state index contributed by atoms with van der Waals surface area (Å²) >= 11 is 6.21. The molecule has 2 aromatic rings. The Morgan fingerprint density at radius 1 is 0.939 bits per heavy atom. The van der Waals surface area contributed by atoms with Gasteiger partial charge in [0.25, 0.3) is 0 Å². The fourth-order valence-electron chi connectivity index (χ4n) is 5.07. The van der Waals surface area contributed by atoms with E-state index < -0.39 is 11.9 Å². The number of imide groups is 1. The molecule has 7 nitrogen and oxygen atoms in total. The fraction of sp³-hybridized carbons (Fsp3) is 0.360. The van der Waals surface area contributed by atoms with Crippen LogP contribution in [-0.4, -0.2) is 30.2 Å². The summed E-state index contributed by atoms with van der Waals surface area (Å²) in [4.78, 5) is 53.8. The van der Waals surface area contributed by atoms with Crippen LogP contribution in [0.15, 0.2) is 48.5 Å². The highest BCUT2D eigenvalue weighted by Crippen LogP contribution is 2.40. The van der Waals surface area contributed by atoms with E-state index in [-0.39, 0.29) is 48.3 Å². The van der Waals surface area contributed by atoms with Gasteiger partial charge in [-0.3, -0.25) is 19.2 Å². The Morgan fingerprint density at radius 3 is 2.33 bits per heavy atom. The number of para-hydroxylation sites is 1. The average Bonchev–Trinajstić information content (AvgIpc) is 3.32. The number of nitrogens with zero attached hydrogens (tertiary/aromatic N) is 2. The summed E-state index contributed by atoms with van der Waals surface area (Å²) in [5.74, 6) is -2.00. The van der Waals surface area contributed by atoms with E-state index in [1.54, 1.807) is 42.5 Å². The molecule has 0 N–H and O–H groups in total. The van der Waals surface area contributed by atoms with Crippen molar-refractivity contribution in [2.45, 2.75) is 32.1 Å². The second-order valence-corrected chi connectivity index (χ2v) is 9.19. The van der Waals surface area contributed by atoms with Crippen molar-refractivity contribution < 1.29 is 23.9 Å². The quantitative estimate of drug-likeness (QED) is 0.386. The first-order chi connectivity index (χ1) is 15.9. The number of amides is 3. The molecule has 1 saturated carbocycles. The predicted octanol–water partition coefficient (Wildman–Crippen LogP) is 3.98. The van der Waals surface area contributed by atoms with Crippen molar-refractivity contribution in [3.63, 3.8) is 0 Å². The zero-order chi connectivity index (χ0) is 23.1. The fourth-order valence-corrected chi connectivity index (χ4v) is 5.31. The minimum Gasteiger partial charge on any atom is -0.426 e. The molecule has 0 spiro atoms. The Labute approximate surface area is 196 Å². The van der Waals surface area contributed by atoms with Crippen LogP contribution in [0.1, 0.15) is 32.1 Å². The zero-order valence-electron chi connectivity index (χ0n) is 17.9. The van der Waals surface area contributed by atoms with E-state index in [1.165, 1.54) is 15.9 Å². The molecule has 3 atom stereocenters. The lowest BCUT2D eigenvalue weighted by molar-refractivity contribution is -0.139. The van der Waals surface area contributed by atoms with Crippen molar-refractivity contribution in [3.05, 3.63) is 53.6 Å². The van der Waals surface area contributed by atoms with Gasteiger partial charge in [-0.25, -0.2) is 4.90 Å². The van der Waals surface area contributed by atoms with E-state index in [1.807, 2.05) is 0 Å². The molecule has 5 rings (SSSR count). The first-order valence-corrected chi connectivity index (χ1v) is 11.6. The normalized spacial score (nSPS) is 24.9. The highest BCUT2D eigenvalue weighted by molar-refractivity contribution is 6.34. The summed E-state index contributed by atoms with van der Waals surface area (Å²) in [6.45, 7) is 0.174. The molecule has 2 saturated heterocycles. The smallest absolute Gasteiger partial charge is 0.316 e. The number of carbonyl (C=O) groups excluding carboxylic acids is 4. The minimum atomic E-state index is -0.643. The predicted molar refractivity (Wildman–Crippen MR) is 122 cm³/mol. The number of fused-ring (bicyclic) bond motifs is 1. The standard InChI is InChI=1S/C25H23ClN2O5/c26-20-10-3-4-11-21(20)27-14-15(12-22(27)29)25(32)33-17-7-5-6-16(13-17)28-23(30)18-8-1-2-9-19(18)24(28)31/h3-7,10-11,13,15,18-19H,1-2,8-9,12,14H2/t15-,18-,19-/m1/s1. The van der Waals surface area contributed by atoms with Gasteiger partial charge < -0.3 is 9.64 Å². The van der Waals surface area contributed by atoms with Crippen LogP contribution in [0.5, 0.6) is 5.75 Å². The van der Waals surface area contributed by atoms with Gasteiger partial charge in [-0.15, -0.1) is 0 Å². The highest BCUT2D eigenvalue weighted by atomic mass is 35.5. The maximum atomic E-state index is 12.9. The number of ether oxygens (including phenoxy) is 1. The molecule has 170 valence electrons. The maximum Gasteiger partial charge on any atom is 0.316 e. The number of esters is 1. The van der Waals surface area contributed by atoms with Crippen molar-refractivity contribution in [3.8, 4) is 5.75 Å². The van der Waals surface area contributed by atoms with Gasteiger partial charge in [0.15, 0.2) is 0 Å². The Bertz CT molecular complexity index is 1130. The van der Waals surface area contributed by atoms with Crippen LogP contribution in [0.4, 0.5) is 11.4 Å². The summed E-state index contributed by atoms with van der Waals surface area (Å²) in [5.41, 5.74) is 0.971. The highest BCUT2D eigenvalue weighted by Gasteiger charge is 2.48. The molecule has 0 radical (unpaired) electrons. The van der Waals surface area contributed by atoms with E-state index in [0.29, 0.717) is 16.4 Å². The van der Waals surface area contributed by atoms with Gasteiger partial charge in [0.1, 0.15) is 5.75 Å². The van der Waals surface area contributed by atoms with Crippen LogP contribution in [0.25, 0.3) is 0 Å². The Balaban J connectivity index is 1.30. The molecule has 0 bridgehead atoms. The molecule has 3 amide bonds. The number of carbonyl (C=O) groups is 4. The lowest BCUT2D eigenvalue weighted by atomic mass is 9.81. The third-order valence-electron chi connectivity index (χ3n) is 6.74. The van der Waals surface area contributed by atoms with Gasteiger partial charge >= 0.3 is 5.97 Å². The molecule has 1 aliphatic carbocycles. The topological polar surface area (TPSA) is 84.0 Å². The number of benzene rings is 2. The molecule has 2 heterocycles. The van der Waals surface area contributed by atoms with Crippen LogP contribution >= 0.6 is 11.6 Å². The monoisotopic (exact) mass is 466 g/mol. The maximum absolute atomic E-state index is 12.9. The molecule has 0 unspecified atom stereocenters. The van der Waals surface area contributed by atoms with E-state index >= 15 is 0 Å². The first kappa shape index (κ1) is 21.6. The Kier molecular flexibility index (Phi) is 5.66. The van der Waals surface area contributed by atoms with Crippen molar-refractivity contribution in [2.24, 2.45) is 17.8 Å². The van der Waals surface area contributed by atoms with Gasteiger partial charge in [0.2, 0.25) is 17.7 Å². The van der Waals surface area contributed by atoms with Crippen LogP contribution < -0.4 is 14.5 Å². The summed E-state index contributed by atoms with van der Waals surface area (Å²) in [6.07, 6.45) is 3.40. The number of anilines is 2. The number of hydrogen-bond donors (Lipinski definition) is 0. The van der Waals surface area contributed by atoms with Crippen LogP contribution in [0.2, 0.25) is 5.02 Å². The molecule has 3 fully saturated rings. The second-order valence-electron chi connectivity index (χ2n) is 8.78. The van der Waals surface area contributed by atoms with Crippen molar-refractivity contribution in [1.29, 1.82) is 0 Å². The van der Waals surface area contributed by atoms with Crippen molar-refractivity contribution >= 4 is 46.7 Å². The van der Waals surface area contributed by atoms with E-state index in [2.05, 4.69) is 0 Å². The van der Waals surface area contributed by atoms with Gasteiger partial charge in [0, 0.05) is 19.0 Å². The number of rotatable bonds is 4. The summed E-state index contributed by atoms with van der Waals surface area (Å²) in [5, 5.41) is 0.438. The third kappa shape index (κ3) is 3.91. The molecule has 33 heavy (non-hydrogen) atoms. The molecule has 2 aliphatic heterocycles. The molecular formula is C25H23ClN2O5. The lowest BCUT2D eigenvalue weighted by Crippen LogP contribution is -2.31. The van der Waals surface area contributed by atoms with E-state index in [0.717, 1.165) is 25.7 Å². The van der Waals surface area contributed by atoms with E-state index in [4.69, 9.17) is 16.3 Å². The SMILES string of the molecule is O=C(Oc1cccc(N2C(=O)[C@@H]3CCCC[C@H]3C2=O)c1)[C@@H]1CC(=O)N(c2ccccc2Cl)C1. The molecule has 8 heteroatoms. The van der Waals surface area contributed by atoms with Crippen molar-refractivity contribution in [1.82, 2.24) is 0 Å². The molecule has 0 aromatic heterocycles. The van der Waals surface area contributed by atoms with Gasteiger partial charge in [-0.2, -0.15) is 0 Å². The third-order valence-corrected chi connectivity index (χ3v) is 7.06.